The van der Waals surface area contributed by atoms with Gasteiger partial charge in [0.25, 0.3) is 0 Å². The van der Waals surface area contributed by atoms with E-state index in [1.54, 1.807) is 38.1 Å². The summed E-state index contributed by atoms with van der Waals surface area (Å²) in [4.78, 5) is 0. The lowest BCUT2D eigenvalue weighted by Crippen LogP contribution is -2.32. The first-order chi connectivity index (χ1) is 8.99. The number of benzene rings is 1. The van der Waals surface area contributed by atoms with Crippen LogP contribution in [0.3, 0.4) is 0 Å². The molecular weight excluding hydrogens is 249 g/mol. The first-order valence-electron chi connectivity index (χ1n) is 5.77. The number of rotatable bonds is 4. The number of hydrogen-bond acceptors (Lipinski definition) is 2. The average Bonchev–Trinajstić information content (AvgIpc) is 2.38. The van der Waals surface area contributed by atoms with Crippen molar-refractivity contribution in [2.45, 2.75) is 13.8 Å². The zero-order chi connectivity index (χ0) is 14.4. The molecule has 0 radical (unpaired) electrons. The van der Waals surface area contributed by atoms with E-state index in [0.717, 1.165) is 0 Å². The van der Waals surface area contributed by atoms with Gasteiger partial charge in [0.05, 0.1) is 6.33 Å². The second kappa shape index (κ2) is 7.02. The van der Waals surface area contributed by atoms with Gasteiger partial charge in [0.15, 0.2) is 0 Å². The van der Waals surface area contributed by atoms with Crippen LogP contribution in [0.5, 0.6) is 0 Å². The standard InChI is InChI=1S/C14H15BF2O2/c1-3-11(5-4-10(2)9-16)12-6-7-13(15(18)19)14(17)8-12/h3-9,18-19H,1-2H3/b5-4-,10-9+,11-3+. The molecular formula is C14H15BF2O2. The quantitative estimate of drug-likeness (QED) is 0.647. The molecule has 1 aromatic carbocycles. The molecule has 0 spiro atoms. The molecule has 0 unspecified atom stereocenters. The third-order valence-corrected chi connectivity index (χ3v) is 2.62. The molecule has 0 saturated carbocycles. The van der Waals surface area contributed by atoms with E-state index in [9.17, 15) is 8.78 Å². The Kier molecular flexibility index (Phi) is 5.67. The lowest BCUT2D eigenvalue weighted by molar-refractivity contribution is 0.423. The van der Waals surface area contributed by atoms with Gasteiger partial charge in [0.2, 0.25) is 0 Å². The minimum absolute atomic E-state index is 0.178. The molecule has 0 atom stereocenters. The van der Waals surface area contributed by atoms with Gasteiger partial charge in [-0.05, 0) is 36.6 Å². The maximum Gasteiger partial charge on any atom is 0.491 e. The van der Waals surface area contributed by atoms with Gasteiger partial charge in [0.1, 0.15) is 5.82 Å². The van der Waals surface area contributed by atoms with Crippen LogP contribution in [0.15, 0.2) is 48.3 Å². The molecule has 2 nitrogen and oxygen atoms in total. The molecule has 5 heteroatoms. The van der Waals surface area contributed by atoms with Gasteiger partial charge in [-0.15, -0.1) is 0 Å². The first-order valence-corrected chi connectivity index (χ1v) is 5.77. The SMILES string of the molecule is C\C=C(/C=C\C(C)=C\F)c1ccc(B(O)O)c(F)c1. The molecule has 0 heterocycles. The van der Waals surface area contributed by atoms with E-state index in [4.69, 9.17) is 10.0 Å². The predicted molar refractivity (Wildman–Crippen MR) is 73.9 cm³/mol. The molecule has 0 aliphatic heterocycles. The van der Waals surface area contributed by atoms with Crippen molar-refractivity contribution in [3.05, 3.63) is 59.7 Å². The highest BCUT2D eigenvalue weighted by atomic mass is 19.1. The van der Waals surface area contributed by atoms with Crippen LogP contribution in [0.2, 0.25) is 0 Å². The van der Waals surface area contributed by atoms with Gasteiger partial charge in [-0.3, -0.25) is 0 Å². The molecule has 0 aromatic heterocycles. The Bertz CT molecular complexity index is 534. The monoisotopic (exact) mass is 264 g/mol. The molecule has 2 N–H and O–H groups in total. The van der Waals surface area contributed by atoms with Crippen molar-refractivity contribution >= 4 is 18.2 Å². The van der Waals surface area contributed by atoms with Crippen LogP contribution in [-0.2, 0) is 0 Å². The van der Waals surface area contributed by atoms with Crippen molar-refractivity contribution < 1.29 is 18.8 Å². The van der Waals surface area contributed by atoms with Gasteiger partial charge < -0.3 is 10.0 Å². The fourth-order valence-corrected chi connectivity index (χ4v) is 1.53. The number of allylic oxidation sites excluding steroid dienone is 5. The third kappa shape index (κ3) is 4.15. The third-order valence-electron chi connectivity index (χ3n) is 2.62. The molecule has 1 rings (SSSR count). The van der Waals surface area contributed by atoms with E-state index in [1.807, 2.05) is 0 Å². The highest BCUT2D eigenvalue weighted by molar-refractivity contribution is 6.58. The van der Waals surface area contributed by atoms with Crippen molar-refractivity contribution in [3.63, 3.8) is 0 Å². The molecule has 0 fully saturated rings. The summed E-state index contributed by atoms with van der Waals surface area (Å²) >= 11 is 0. The summed E-state index contributed by atoms with van der Waals surface area (Å²) in [6, 6.07) is 4.10. The number of hydrogen-bond donors (Lipinski definition) is 2. The molecule has 19 heavy (non-hydrogen) atoms. The van der Waals surface area contributed by atoms with Gasteiger partial charge in [-0.25, -0.2) is 8.78 Å². The minimum atomic E-state index is -1.84. The number of halogens is 2. The van der Waals surface area contributed by atoms with Crippen LogP contribution in [0, 0.1) is 5.82 Å². The molecule has 1 aromatic rings. The van der Waals surface area contributed by atoms with E-state index in [0.29, 0.717) is 23.0 Å². The Morgan fingerprint density at radius 3 is 2.42 bits per heavy atom. The summed E-state index contributed by atoms with van der Waals surface area (Å²) in [6.45, 7) is 3.39. The van der Waals surface area contributed by atoms with Crippen LogP contribution in [0.1, 0.15) is 19.4 Å². The molecule has 0 bridgehead atoms. The molecule has 0 saturated heterocycles. The van der Waals surface area contributed by atoms with Crippen LogP contribution in [0.25, 0.3) is 5.57 Å². The Labute approximate surface area is 111 Å². The van der Waals surface area contributed by atoms with E-state index in [-0.39, 0.29) is 5.46 Å². The minimum Gasteiger partial charge on any atom is -0.423 e. The Balaban J connectivity index is 3.08. The van der Waals surface area contributed by atoms with Gasteiger partial charge in [-0.2, -0.15) is 0 Å². The van der Waals surface area contributed by atoms with Gasteiger partial charge in [0, 0.05) is 5.46 Å². The lowest BCUT2D eigenvalue weighted by atomic mass is 9.79. The Morgan fingerprint density at radius 1 is 1.26 bits per heavy atom. The van der Waals surface area contributed by atoms with Crippen LogP contribution in [-0.4, -0.2) is 17.2 Å². The van der Waals surface area contributed by atoms with Crippen molar-refractivity contribution in [1.29, 1.82) is 0 Å². The maximum atomic E-state index is 13.6. The summed E-state index contributed by atoms with van der Waals surface area (Å²) in [5.74, 6) is -0.696. The topological polar surface area (TPSA) is 40.5 Å². The predicted octanol–water partition coefficient (Wildman–Crippen LogP) is 2.34. The highest BCUT2D eigenvalue weighted by Gasteiger charge is 2.16. The van der Waals surface area contributed by atoms with Crippen molar-refractivity contribution in [1.82, 2.24) is 0 Å². The van der Waals surface area contributed by atoms with Crippen molar-refractivity contribution in [3.8, 4) is 0 Å². The molecule has 0 aliphatic rings. The summed E-state index contributed by atoms with van der Waals surface area (Å²) in [5.41, 5.74) is 1.55. The smallest absolute Gasteiger partial charge is 0.423 e. The van der Waals surface area contributed by atoms with Gasteiger partial charge >= 0.3 is 7.12 Å². The Morgan fingerprint density at radius 2 is 1.95 bits per heavy atom. The van der Waals surface area contributed by atoms with E-state index in [2.05, 4.69) is 0 Å². The van der Waals surface area contributed by atoms with Crippen molar-refractivity contribution in [2.75, 3.05) is 0 Å². The fraction of sp³-hybridized carbons (Fsp3) is 0.143. The summed E-state index contributed by atoms with van der Waals surface area (Å²) in [5, 5.41) is 17.9. The fourth-order valence-electron chi connectivity index (χ4n) is 1.53. The van der Waals surface area contributed by atoms with E-state index in [1.165, 1.54) is 12.1 Å². The van der Waals surface area contributed by atoms with Gasteiger partial charge in [-0.1, -0.05) is 30.4 Å². The molecule has 0 aliphatic carbocycles. The van der Waals surface area contributed by atoms with Crippen molar-refractivity contribution in [2.24, 2.45) is 0 Å². The zero-order valence-corrected chi connectivity index (χ0v) is 10.8. The Hall–Kier alpha value is -1.72. The van der Waals surface area contributed by atoms with Crippen LogP contribution < -0.4 is 5.46 Å². The largest absolute Gasteiger partial charge is 0.491 e. The molecule has 0 amide bonds. The average molecular weight is 264 g/mol. The normalized spacial score (nSPS) is 13.2. The summed E-state index contributed by atoms with van der Waals surface area (Å²) in [7, 11) is -1.84. The van der Waals surface area contributed by atoms with Crippen LogP contribution in [0.4, 0.5) is 8.78 Å². The zero-order valence-electron chi connectivity index (χ0n) is 10.8. The maximum absolute atomic E-state index is 13.6. The molecule has 100 valence electrons. The second-order valence-electron chi connectivity index (χ2n) is 4.04. The van der Waals surface area contributed by atoms with Crippen LogP contribution >= 0.6 is 0 Å². The van der Waals surface area contributed by atoms with E-state index >= 15 is 0 Å². The first kappa shape index (κ1) is 15.3. The summed E-state index contributed by atoms with van der Waals surface area (Å²) in [6.07, 6.45) is 5.47. The van der Waals surface area contributed by atoms with E-state index < -0.39 is 12.9 Å². The lowest BCUT2D eigenvalue weighted by Gasteiger charge is -2.06. The second-order valence-corrected chi connectivity index (χ2v) is 4.04. The highest BCUT2D eigenvalue weighted by Crippen LogP contribution is 2.17. The summed E-state index contributed by atoms with van der Waals surface area (Å²) < 4.78 is 25.8.